The van der Waals surface area contributed by atoms with Crippen LogP contribution in [0.4, 0.5) is 0 Å². The van der Waals surface area contributed by atoms with Gasteiger partial charge >= 0.3 is 0 Å². The Morgan fingerprint density at radius 3 is 2.10 bits per heavy atom. The number of hydrogen-bond donors (Lipinski definition) is 0. The molecule has 1 fully saturated rings. The van der Waals surface area contributed by atoms with Crippen molar-refractivity contribution in [1.29, 1.82) is 0 Å². The van der Waals surface area contributed by atoms with E-state index in [0.29, 0.717) is 0 Å². The van der Waals surface area contributed by atoms with E-state index >= 15 is 0 Å². The zero-order valence-electron chi connectivity index (χ0n) is 7.72. The monoisotopic (exact) mass is 140 g/mol. The summed E-state index contributed by atoms with van der Waals surface area (Å²) >= 11 is 0. The molecular formula is C10H20. The highest BCUT2D eigenvalue weighted by Crippen LogP contribution is 2.45. The molecule has 0 amide bonds. The van der Waals surface area contributed by atoms with Crippen molar-refractivity contribution in [2.24, 2.45) is 23.7 Å². The van der Waals surface area contributed by atoms with Gasteiger partial charge in [-0.2, -0.15) is 0 Å². The van der Waals surface area contributed by atoms with Crippen LogP contribution in [0.2, 0.25) is 0 Å². The smallest absolute Gasteiger partial charge is 0.0360 e. The van der Waals surface area contributed by atoms with Gasteiger partial charge < -0.3 is 0 Å². The fourth-order valence-electron chi connectivity index (χ4n) is 2.06. The molecule has 0 spiro atoms. The van der Waals surface area contributed by atoms with E-state index in [1.54, 1.807) is 0 Å². The third-order valence-corrected chi connectivity index (χ3v) is 2.75. The van der Waals surface area contributed by atoms with Crippen LogP contribution < -0.4 is 0 Å². The molecule has 10 heavy (non-hydrogen) atoms. The van der Waals surface area contributed by atoms with Gasteiger partial charge in [0.2, 0.25) is 0 Å². The largest absolute Gasteiger partial charge is 0.0628 e. The van der Waals surface area contributed by atoms with Gasteiger partial charge in [-0.25, -0.2) is 0 Å². The van der Waals surface area contributed by atoms with Gasteiger partial charge in [0, 0.05) is 0 Å². The lowest BCUT2D eigenvalue weighted by Crippen LogP contribution is -2.02. The van der Waals surface area contributed by atoms with Crippen LogP contribution in [0.3, 0.4) is 0 Å². The predicted octanol–water partition coefficient (Wildman–Crippen LogP) is 3.32. The molecule has 60 valence electrons. The molecule has 0 saturated heterocycles. The molecule has 0 N–H and O–H groups in total. The van der Waals surface area contributed by atoms with Crippen molar-refractivity contribution >= 4 is 0 Å². The van der Waals surface area contributed by atoms with E-state index in [0.717, 1.165) is 23.7 Å². The van der Waals surface area contributed by atoms with Crippen molar-refractivity contribution in [1.82, 2.24) is 0 Å². The van der Waals surface area contributed by atoms with Crippen molar-refractivity contribution in [3.05, 3.63) is 0 Å². The van der Waals surface area contributed by atoms with E-state index in [1.165, 1.54) is 12.8 Å². The molecule has 1 aliphatic rings. The summed E-state index contributed by atoms with van der Waals surface area (Å²) in [6.07, 6.45) is 2.92. The van der Waals surface area contributed by atoms with Crippen molar-refractivity contribution in [2.45, 2.75) is 40.5 Å². The van der Waals surface area contributed by atoms with Crippen molar-refractivity contribution in [3.8, 4) is 0 Å². The van der Waals surface area contributed by atoms with Crippen molar-refractivity contribution in [3.63, 3.8) is 0 Å². The molecule has 3 atom stereocenters. The Hall–Kier alpha value is 0. The van der Waals surface area contributed by atoms with Crippen LogP contribution in [-0.4, -0.2) is 0 Å². The fraction of sp³-hybridized carbons (Fsp3) is 1.00. The fourth-order valence-corrected chi connectivity index (χ4v) is 2.06. The molecule has 0 heteroatoms. The Labute approximate surface area is 65.0 Å². The Balaban J connectivity index is 2.16. The Morgan fingerprint density at radius 1 is 1.30 bits per heavy atom. The highest BCUT2D eigenvalue weighted by Gasteiger charge is 2.36. The summed E-state index contributed by atoms with van der Waals surface area (Å²) in [7, 11) is 0. The van der Waals surface area contributed by atoms with Crippen LogP contribution in [-0.2, 0) is 0 Å². The highest BCUT2D eigenvalue weighted by atomic mass is 14.4. The van der Waals surface area contributed by atoms with E-state index < -0.39 is 0 Å². The van der Waals surface area contributed by atoms with Gasteiger partial charge in [0.25, 0.3) is 0 Å². The summed E-state index contributed by atoms with van der Waals surface area (Å²) in [5.74, 6) is 3.98. The zero-order valence-corrected chi connectivity index (χ0v) is 7.72. The van der Waals surface area contributed by atoms with Crippen molar-refractivity contribution < 1.29 is 0 Å². The lowest BCUT2D eigenvalue weighted by molar-refractivity contribution is 0.385. The van der Waals surface area contributed by atoms with Crippen molar-refractivity contribution in [2.75, 3.05) is 0 Å². The average molecular weight is 140 g/mol. The third kappa shape index (κ3) is 2.00. The van der Waals surface area contributed by atoms with Gasteiger partial charge in [0.05, 0.1) is 0 Å². The molecule has 0 nitrogen and oxygen atoms in total. The molecule has 0 heterocycles. The molecule has 0 bridgehead atoms. The van der Waals surface area contributed by atoms with Crippen LogP contribution in [0.15, 0.2) is 0 Å². The predicted molar refractivity (Wildman–Crippen MR) is 45.9 cm³/mol. The van der Waals surface area contributed by atoms with Gasteiger partial charge in [0.1, 0.15) is 0 Å². The maximum atomic E-state index is 2.41. The third-order valence-electron chi connectivity index (χ3n) is 2.75. The molecule has 0 radical (unpaired) electrons. The second-order valence-corrected chi connectivity index (χ2v) is 4.48. The second kappa shape index (κ2) is 2.94. The van der Waals surface area contributed by atoms with E-state index in [9.17, 15) is 0 Å². The molecule has 0 aromatic carbocycles. The first-order valence-electron chi connectivity index (χ1n) is 4.61. The first-order valence-corrected chi connectivity index (χ1v) is 4.61. The number of rotatable bonds is 3. The normalized spacial score (nSPS) is 34.5. The van der Waals surface area contributed by atoms with Crippen LogP contribution in [0.25, 0.3) is 0 Å². The topological polar surface area (TPSA) is 0 Å². The average Bonchev–Trinajstić information content (AvgIpc) is 2.44. The van der Waals surface area contributed by atoms with Crippen LogP contribution >= 0.6 is 0 Å². The van der Waals surface area contributed by atoms with Crippen LogP contribution in [0.5, 0.6) is 0 Å². The SMILES string of the molecule is CC(C)C[C@@H](C)[C@@H]1C[C@H]1C. The highest BCUT2D eigenvalue weighted by molar-refractivity contribution is 4.86. The lowest BCUT2D eigenvalue weighted by Gasteiger charge is -2.12. The maximum absolute atomic E-state index is 2.41. The summed E-state index contributed by atoms with van der Waals surface area (Å²) in [5, 5.41) is 0. The van der Waals surface area contributed by atoms with E-state index in [4.69, 9.17) is 0 Å². The Morgan fingerprint density at radius 2 is 1.80 bits per heavy atom. The molecule has 0 aliphatic heterocycles. The molecule has 1 aliphatic carbocycles. The van der Waals surface area contributed by atoms with Gasteiger partial charge in [-0.15, -0.1) is 0 Å². The summed E-state index contributed by atoms with van der Waals surface area (Å²) in [4.78, 5) is 0. The second-order valence-electron chi connectivity index (χ2n) is 4.48. The van der Waals surface area contributed by atoms with Crippen LogP contribution in [0, 0.1) is 23.7 Å². The molecular weight excluding hydrogens is 120 g/mol. The molecule has 0 unspecified atom stereocenters. The van der Waals surface area contributed by atoms with Gasteiger partial charge in [-0.1, -0.05) is 27.7 Å². The summed E-state index contributed by atoms with van der Waals surface area (Å²) in [6.45, 7) is 9.43. The molecule has 1 rings (SSSR count). The van der Waals surface area contributed by atoms with Gasteiger partial charge in [-0.05, 0) is 36.5 Å². The quantitative estimate of drug-likeness (QED) is 0.564. The minimum Gasteiger partial charge on any atom is -0.0628 e. The Kier molecular flexibility index (Phi) is 2.38. The Bertz CT molecular complexity index is 105. The minimum absolute atomic E-state index is 0.891. The van der Waals surface area contributed by atoms with Gasteiger partial charge in [0.15, 0.2) is 0 Å². The molecule has 0 aromatic rings. The van der Waals surface area contributed by atoms with E-state index in [-0.39, 0.29) is 0 Å². The lowest BCUT2D eigenvalue weighted by atomic mass is 9.94. The first-order chi connectivity index (χ1) is 4.61. The first kappa shape index (κ1) is 8.10. The standard InChI is InChI=1S/C10H20/c1-7(2)5-8(3)10-6-9(10)4/h7-10H,5-6H2,1-4H3/t8-,9-,10+/m1/s1. The summed E-state index contributed by atoms with van der Waals surface area (Å²) in [5.41, 5.74) is 0. The van der Waals surface area contributed by atoms with Gasteiger partial charge in [-0.3, -0.25) is 0 Å². The molecule has 1 saturated carbocycles. The minimum atomic E-state index is 0.891. The van der Waals surface area contributed by atoms with E-state index in [2.05, 4.69) is 27.7 Å². The van der Waals surface area contributed by atoms with E-state index in [1.807, 2.05) is 0 Å². The number of hydrogen-bond acceptors (Lipinski definition) is 0. The summed E-state index contributed by atoms with van der Waals surface area (Å²) < 4.78 is 0. The van der Waals surface area contributed by atoms with Crippen LogP contribution in [0.1, 0.15) is 40.5 Å². The molecule has 0 aromatic heterocycles. The zero-order chi connectivity index (χ0) is 7.72. The maximum Gasteiger partial charge on any atom is -0.0360 e. The summed E-state index contributed by atoms with van der Waals surface area (Å²) in [6, 6.07) is 0.